The van der Waals surface area contributed by atoms with Crippen molar-refractivity contribution in [1.82, 2.24) is 10.6 Å². The number of benzene rings is 1. The fourth-order valence-electron chi connectivity index (χ4n) is 2.26. The summed E-state index contributed by atoms with van der Waals surface area (Å²) in [4.78, 5) is 35.1. The van der Waals surface area contributed by atoms with Gasteiger partial charge in [-0.15, -0.1) is 0 Å². The monoisotopic (exact) mass is 475 g/mol. The van der Waals surface area contributed by atoms with Crippen LogP contribution in [0.25, 0.3) is 0 Å². The summed E-state index contributed by atoms with van der Waals surface area (Å²) in [5, 5.41) is 18.8. The number of aliphatic hydroxyl groups excluding tert-OH is 1. The quantitative estimate of drug-likeness (QED) is 0.108. The Balaban J connectivity index is 2.09. The van der Waals surface area contributed by atoms with Crippen molar-refractivity contribution in [2.75, 3.05) is 46.1 Å². The Bertz CT molecular complexity index is 863. The molecule has 0 aliphatic rings. The van der Waals surface area contributed by atoms with Crippen LogP contribution in [0.1, 0.15) is 10.4 Å². The maximum Gasteiger partial charge on any atom is 0.251 e. The summed E-state index contributed by atoms with van der Waals surface area (Å²) < 4.78 is 32.9. The molecule has 0 bridgehead atoms. The van der Waals surface area contributed by atoms with Crippen LogP contribution in [0.2, 0.25) is 0 Å². The molecule has 0 saturated carbocycles. The summed E-state index contributed by atoms with van der Waals surface area (Å²) >= 11 is 0. The van der Waals surface area contributed by atoms with Gasteiger partial charge in [0.15, 0.2) is 5.78 Å². The molecule has 0 aliphatic carbocycles. The lowest BCUT2D eigenvalue weighted by Gasteiger charge is -2.14. The van der Waals surface area contributed by atoms with Gasteiger partial charge in [-0.25, -0.2) is 13.6 Å². The van der Waals surface area contributed by atoms with Crippen molar-refractivity contribution >= 4 is 27.6 Å². The molecule has 1 aromatic rings. The fourth-order valence-corrected chi connectivity index (χ4v) is 2.78. The Morgan fingerprint density at radius 2 is 1.47 bits per heavy atom. The summed E-state index contributed by atoms with van der Waals surface area (Å²) in [6.07, 6.45) is 0. The molecule has 0 heterocycles. The van der Waals surface area contributed by atoms with Crippen molar-refractivity contribution in [3.8, 4) is 0 Å². The van der Waals surface area contributed by atoms with E-state index >= 15 is 0 Å². The maximum atomic E-state index is 12.0. The van der Waals surface area contributed by atoms with Gasteiger partial charge in [-0.05, 0) is 24.3 Å². The molecule has 180 valence electrons. The number of amides is 2. The Morgan fingerprint density at radius 1 is 0.938 bits per heavy atom. The SMILES string of the molecule is NC(CO)C(=O)[C@@H](N)C(=O)NCCOCCOCCNC(=O)c1ccc(S(N)(=O)=O)cc1. The van der Waals surface area contributed by atoms with Gasteiger partial charge < -0.3 is 36.7 Å². The van der Waals surface area contributed by atoms with Crippen LogP contribution in [0.5, 0.6) is 0 Å². The molecule has 0 spiro atoms. The molecule has 32 heavy (non-hydrogen) atoms. The van der Waals surface area contributed by atoms with Gasteiger partial charge in [-0.2, -0.15) is 0 Å². The van der Waals surface area contributed by atoms with Gasteiger partial charge in [0, 0.05) is 18.7 Å². The molecule has 2 amide bonds. The maximum absolute atomic E-state index is 12.0. The van der Waals surface area contributed by atoms with E-state index in [0.717, 1.165) is 0 Å². The molecule has 9 N–H and O–H groups in total. The van der Waals surface area contributed by atoms with Gasteiger partial charge in [0.05, 0.1) is 44.0 Å². The van der Waals surface area contributed by atoms with Gasteiger partial charge >= 0.3 is 0 Å². The summed E-state index contributed by atoms with van der Waals surface area (Å²) in [6.45, 7) is 0.620. The largest absolute Gasteiger partial charge is 0.394 e. The normalized spacial score (nSPS) is 13.2. The molecule has 0 aromatic heterocycles. The number of primary sulfonamides is 1. The van der Waals surface area contributed by atoms with E-state index in [9.17, 15) is 22.8 Å². The van der Waals surface area contributed by atoms with Crippen LogP contribution in [-0.2, 0) is 29.1 Å². The molecule has 0 aliphatic heterocycles. The van der Waals surface area contributed by atoms with Crippen LogP contribution >= 0.6 is 0 Å². The molecule has 1 aromatic carbocycles. The van der Waals surface area contributed by atoms with Crippen molar-refractivity contribution in [2.24, 2.45) is 16.6 Å². The Labute approximate surface area is 185 Å². The highest BCUT2D eigenvalue weighted by atomic mass is 32.2. The third-order valence-electron chi connectivity index (χ3n) is 4.05. The topological polar surface area (TPSA) is 226 Å². The third kappa shape index (κ3) is 9.78. The predicted molar refractivity (Wildman–Crippen MR) is 113 cm³/mol. The summed E-state index contributed by atoms with van der Waals surface area (Å²) in [6, 6.07) is 2.54. The Morgan fingerprint density at radius 3 is 1.97 bits per heavy atom. The number of ketones is 1. The molecular weight excluding hydrogens is 446 g/mol. The number of rotatable bonds is 15. The first kappa shape index (κ1) is 27.6. The van der Waals surface area contributed by atoms with E-state index in [1.807, 2.05) is 0 Å². The number of nitrogens with two attached hydrogens (primary N) is 3. The molecular formula is C18H29N5O8S. The lowest BCUT2D eigenvalue weighted by atomic mass is 10.1. The van der Waals surface area contributed by atoms with E-state index in [1.54, 1.807) is 0 Å². The lowest BCUT2D eigenvalue weighted by molar-refractivity contribution is -0.131. The number of carbonyl (C=O) groups excluding carboxylic acids is 3. The van der Waals surface area contributed by atoms with E-state index < -0.39 is 46.3 Å². The molecule has 0 fully saturated rings. The first-order valence-corrected chi connectivity index (χ1v) is 11.1. The second-order valence-electron chi connectivity index (χ2n) is 6.51. The van der Waals surface area contributed by atoms with Gasteiger partial charge in [-0.1, -0.05) is 0 Å². The summed E-state index contributed by atoms with van der Waals surface area (Å²) in [5.41, 5.74) is 11.1. The number of Topliss-reactive ketones (excluding diaryl/α,β-unsaturated/α-hetero) is 1. The fraction of sp³-hybridized carbons (Fsp3) is 0.500. The minimum Gasteiger partial charge on any atom is -0.394 e. The standard InChI is InChI=1S/C18H29N5O8S/c19-14(11-24)16(25)15(20)18(27)23-6-8-31-10-9-30-7-5-22-17(26)12-1-3-13(4-2-12)32(21,28)29/h1-4,14-15,24H,5-11,19-20H2,(H,22,26)(H,23,27)(H2,21,28,29)/t14?,15-/m1/s1. The molecule has 14 heteroatoms. The number of ether oxygens (including phenoxy) is 2. The number of nitrogens with one attached hydrogen (secondary N) is 2. The average Bonchev–Trinajstić information content (AvgIpc) is 2.77. The zero-order valence-corrected chi connectivity index (χ0v) is 18.2. The van der Waals surface area contributed by atoms with Gasteiger partial charge in [-0.3, -0.25) is 14.4 Å². The van der Waals surface area contributed by atoms with Crippen molar-refractivity contribution in [3.05, 3.63) is 29.8 Å². The molecule has 2 atom stereocenters. The minimum absolute atomic E-state index is 0.0841. The van der Waals surface area contributed by atoms with Gasteiger partial charge in [0.2, 0.25) is 15.9 Å². The van der Waals surface area contributed by atoms with Gasteiger partial charge in [0.25, 0.3) is 5.91 Å². The van der Waals surface area contributed by atoms with Crippen LogP contribution in [0, 0.1) is 0 Å². The Hall–Kier alpha value is -2.46. The summed E-state index contributed by atoms with van der Waals surface area (Å²) in [7, 11) is -3.81. The van der Waals surface area contributed by atoms with Crippen LogP contribution < -0.4 is 27.2 Å². The molecule has 0 radical (unpaired) electrons. The second kappa shape index (κ2) is 13.8. The zero-order chi connectivity index (χ0) is 24.1. The number of hydrogen-bond donors (Lipinski definition) is 6. The highest BCUT2D eigenvalue weighted by molar-refractivity contribution is 7.89. The third-order valence-corrected chi connectivity index (χ3v) is 4.98. The van der Waals surface area contributed by atoms with Crippen molar-refractivity contribution in [2.45, 2.75) is 17.0 Å². The van der Waals surface area contributed by atoms with E-state index in [2.05, 4.69) is 10.6 Å². The first-order chi connectivity index (χ1) is 15.1. The molecule has 13 nitrogen and oxygen atoms in total. The van der Waals surface area contributed by atoms with E-state index in [-0.39, 0.29) is 50.0 Å². The van der Waals surface area contributed by atoms with E-state index in [4.69, 9.17) is 31.2 Å². The second-order valence-corrected chi connectivity index (χ2v) is 8.07. The Kier molecular flexibility index (Phi) is 11.9. The molecule has 1 rings (SSSR count). The average molecular weight is 476 g/mol. The highest BCUT2D eigenvalue weighted by Crippen LogP contribution is 2.08. The highest BCUT2D eigenvalue weighted by Gasteiger charge is 2.26. The van der Waals surface area contributed by atoms with Crippen LogP contribution in [0.15, 0.2) is 29.2 Å². The van der Waals surface area contributed by atoms with Gasteiger partial charge in [0.1, 0.15) is 6.04 Å². The van der Waals surface area contributed by atoms with Crippen LogP contribution in [-0.4, -0.2) is 89.3 Å². The van der Waals surface area contributed by atoms with E-state index in [1.165, 1.54) is 24.3 Å². The van der Waals surface area contributed by atoms with Crippen molar-refractivity contribution in [3.63, 3.8) is 0 Å². The van der Waals surface area contributed by atoms with Crippen molar-refractivity contribution < 1.29 is 37.4 Å². The summed E-state index contributed by atoms with van der Waals surface area (Å²) in [5.74, 6) is -1.86. The minimum atomic E-state index is -3.81. The molecule has 1 unspecified atom stereocenters. The number of carbonyl (C=O) groups is 3. The number of sulfonamides is 1. The number of hydrogen-bond acceptors (Lipinski definition) is 10. The van der Waals surface area contributed by atoms with Crippen LogP contribution in [0.3, 0.4) is 0 Å². The molecule has 0 saturated heterocycles. The van der Waals surface area contributed by atoms with Crippen LogP contribution in [0.4, 0.5) is 0 Å². The zero-order valence-electron chi connectivity index (χ0n) is 17.4. The smallest absolute Gasteiger partial charge is 0.251 e. The van der Waals surface area contributed by atoms with Crippen molar-refractivity contribution in [1.29, 1.82) is 0 Å². The number of aliphatic hydroxyl groups is 1. The first-order valence-electron chi connectivity index (χ1n) is 9.58. The van der Waals surface area contributed by atoms with E-state index in [0.29, 0.717) is 0 Å². The predicted octanol–water partition coefficient (Wildman–Crippen LogP) is -3.57. The lowest BCUT2D eigenvalue weighted by Crippen LogP contribution is -2.53.